The average molecular weight is 255 g/mol. The van der Waals surface area contributed by atoms with Gasteiger partial charge in [-0.25, -0.2) is 4.98 Å². The molecule has 104 valence electrons. The summed E-state index contributed by atoms with van der Waals surface area (Å²) in [6, 6.07) is 0. The summed E-state index contributed by atoms with van der Waals surface area (Å²) in [4.78, 5) is 6.36. The Balaban J connectivity index is 2.20. The summed E-state index contributed by atoms with van der Waals surface area (Å²) in [5, 5.41) is 13.0. The molecule has 1 rings (SSSR count). The third kappa shape index (κ3) is 5.16. The van der Waals surface area contributed by atoms with E-state index in [2.05, 4.69) is 29.0 Å². The van der Waals surface area contributed by atoms with Gasteiger partial charge in [-0.3, -0.25) is 0 Å². The van der Waals surface area contributed by atoms with E-state index in [4.69, 9.17) is 4.42 Å². The lowest BCUT2D eigenvalue weighted by Crippen LogP contribution is -2.38. The molecule has 0 amide bonds. The fourth-order valence-electron chi connectivity index (χ4n) is 1.78. The highest BCUT2D eigenvalue weighted by Gasteiger charge is 2.09. The molecule has 0 saturated heterocycles. The molecule has 0 radical (unpaired) electrons. The second-order valence-electron chi connectivity index (χ2n) is 4.34. The molecule has 0 saturated carbocycles. The van der Waals surface area contributed by atoms with Gasteiger partial charge in [-0.1, -0.05) is 20.8 Å². The predicted octanol–water partition coefficient (Wildman–Crippen LogP) is 1.03. The maximum Gasteiger partial charge on any atom is 0.208 e. The van der Waals surface area contributed by atoms with Gasteiger partial charge in [-0.2, -0.15) is 0 Å². The van der Waals surface area contributed by atoms with E-state index in [-0.39, 0.29) is 6.10 Å². The van der Waals surface area contributed by atoms with Gasteiger partial charge in [0.2, 0.25) is 5.89 Å². The molecule has 5 nitrogen and oxygen atoms in total. The second-order valence-corrected chi connectivity index (χ2v) is 4.34. The largest absolute Gasteiger partial charge is 0.444 e. The number of likely N-dealkylation sites (N-methyl/N-ethyl adjacent to an activating group) is 1. The van der Waals surface area contributed by atoms with Crippen molar-refractivity contribution in [2.24, 2.45) is 0 Å². The summed E-state index contributed by atoms with van der Waals surface area (Å²) in [6.07, 6.45) is 2.26. The van der Waals surface area contributed by atoms with Crippen LogP contribution >= 0.6 is 0 Å². The highest BCUT2D eigenvalue weighted by molar-refractivity contribution is 4.93. The van der Waals surface area contributed by atoms with Gasteiger partial charge in [0.25, 0.3) is 0 Å². The molecule has 1 heterocycles. The van der Waals surface area contributed by atoms with E-state index in [0.717, 1.165) is 25.3 Å². The Morgan fingerprint density at radius 2 is 2.11 bits per heavy atom. The van der Waals surface area contributed by atoms with Crippen molar-refractivity contribution in [2.75, 3.05) is 26.2 Å². The lowest BCUT2D eigenvalue weighted by Gasteiger charge is -2.21. The first-order valence-corrected chi connectivity index (χ1v) is 6.74. The predicted molar refractivity (Wildman–Crippen MR) is 71.4 cm³/mol. The molecule has 18 heavy (non-hydrogen) atoms. The Morgan fingerprint density at radius 3 is 2.67 bits per heavy atom. The summed E-state index contributed by atoms with van der Waals surface area (Å²) >= 11 is 0. The zero-order valence-corrected chi connectivity index (χ0v) is 11.6. The van der Waals surface area contributed by atoms with Crippen LogP contribution in [-0.2, 0) is 13.0 Å². The van der Waals surface area contributed by atoms with Crippen LogP contribution in [0.4, 0.5) is 0 Å². The maximum absolute atomic E-state index is 9.86. The first kappa shape index (κ1) is 15.1. The van der Waals surface area contributed by atoms with Crippen molar-refractivity contribution < 1.29 is 9.52 Å². The van der Waals surface area contributed by atoms with Crippen molar-refractivity contribution in [3.8, 4) is 0 Å². The van der Waals surface area contributed by atoms with Crippen LogP contribution in [0.2, 0.25) is 0 Å². The normalized spacial score (nSPS) is 13.2. The topological polar surface area (TPSA) is 61.5 Å². The molecule has 2 N–H and O–H groups in total. The lowest BCUT2D eigenvalue weighted by atomic mass is 10.3. The van der Waals surface area contributed by atoms with E-state index < -0.39 is 0 Å². The SMILES string of the molecule is CCc1cnc(CNCC(O)CN(CC)CC)o1. The quantitative estimate of drug-likeness (QED) is 0.690. The van der Waals surface area contributed by atoms with Crippen molar-refractivity contribution in [1.82, 2.24) is 15.2 Å². The fraction of sp³-hybridized carbons (Fsp3) is 0.769. The Morgan fingerprint density at radius 1 is 1.39 bits per heavy atom. The van der Waals surface area contributed by atoms with Gasteiger partial charge in [0.15, 0.2) is 0 Å². The van der Waals surface area contributed by atoms with Gasteiger partial charge in [-0.15, -0.1) is 0 Å². The van der Waals surface area contributed by atoms with Crippen LogP contribution in [0.3, 0.4) is 0 Å². The number of nitrogens with zero attached hydrogens (tertiary/aromatic N) is 2. The summed E-state index contributed by atoms with van der Waals surface area (Å²) < 4.78 is 5.47. The van der Waals surface area contributed by atoms with Crippen LogP contribution in [0.5, 0.6) is 0 Å². The van der Waals surface area contributed by atoms with Gasteiger partial charge < -0.3 is 19.7 Å². The first-order chi connectivity index (χ1) is 8.69. The van der Waals surface area contributed by atoms with Gasteiger partial charge in [-0.05, 0) is 13.1 Å². The molecule has 1 unspecified atom stereocenters. The molecular formula is C13H25N3O2. The summed E-state index contributed by atoms with van der Waals surface area (Å²) in [7, 11) is 0. The molecule has 0 spiro atoms. The molecule has 0 aliphatic rings. The molecule has 0 aliphatic heterocycles. The van der Waals surface area contributed by atoms with E-state index in [9.17, 15) is 5.11 Å². The van der Waals surface area contributed by atoms with Crippen LogP contribution in [-0.4, -0.2) is 47.3 Å². The van der Waals surface area contributed by atoms with Crippen LogP contribution in [0.25, 0.3) is 0 Å². The minimum atomic E-state index is -0.356. The molecule has 1 aromatic rings. The number of rotatable bonds is 9. The average Bonchev–Trinajstić information content (AvgIpc) is 2.84. The van der Waals surface area contributed by atoms with Crippen LogP contribution < -0.4 is 5.32 Å². The third-order valence-corrected chi connectivity index (χ3v) is 2.97. The van der Waals surface area contributed by atoms with E-state index in [1.165, 1.54) is 0 Å². The number of oxazole rings is 1. The highest BCUT2D eigenvalue weighted by atomic mass is 16.4. The highest BCUT2D eigenvalue weighted by Crippen LogP contribution is 2.03. The van der Waals surface area contributed by atoms with Crippen molar-refractivity contribution in [3.05, 3.63) is 17.8 Å². The number of nitrogens with one attached hydrogen (secondary N) is 1. The monoisotopic (exact) mass is 255 g/mol. The van der Waals surface area contributed by atoms with Crippen LogP contribution in [0, 0.1) is 0 Å². The Bertz CT molecular complexity index is 324. The molecule has 1 atom stereocenters. The minimum Gasteiger partial charge on any atom is -0.444 e. The van der Waals surface area contributed by atoms with Crippen LogP contribution in [0.15, 0.2) is 10.6 Å². The zero-order valence-electron chi connectivity index (χ0n) is 11.6. The van der Waals surface area contributed by atoms with Gasteiger partial charge >= 0.3 is 0 Å². The summed E-state index contributed by atoms with van der Waals surface area (Å²) in [6.45, 7) is 9.98. The number of aliphatic hydroxyl groups excluding tert-OH is 1. The third-order valence-electron chi connectivity index (χ3n) is 2.97. The Hall–Kier alpha value is -0.910. The van der Waals surface area contributed by atoms with Crippen molar-refractivity contribution in [2.45, 2.75) is 39.8 Å². The second kappa shape index (κ2) is 8.24. The van der Waals surface area contributed by atoms with E-state index >= 15 is 0 Å². The standard InChI is InChI=1S/C13H25N3O2/c1-4-12-8-15-13(18-12)9-14-7-11(17)10-16(5-2)6-3/h8,11,14,17H,4-7,9-10H2,1-3H3. The molecule has 0 fully saturated rings. The van der Waals surface area contributed by atoms with Gasteiger partial charge in [0.05, 0.1) is 18.8 Å². The van der Waals surface area contributed by atoms with Crippen molar-refractivity contribution in [3.63, 3.8) is 0 Å². The summed E-state index contributed by atoms with van der Waals surface area (Å²) in [5.74, 6) is 1.58. The first-order valence-electron chi connectivity index (χ1n) is 6.74. The molecule has 0 aromatic carbocycles. The maximum atomic E-state index is 9.86. The number of aryl methyl sites for hydroxylation is 1. The number of aliphatic hydroxyl groups is 1. The van der Waals surface area contributed by atoms with Crippen molar-refractivity contribution >= 4 is 0 Å². The minimum absolute atomic E-state index is 0.356. The van der Waals surface area contributed by atoms with E-state index in [1.54, 1.807) is 6.20 Å². The Labute approximate surface area is 109 Å². The van der Waals surface area contributed by atoms with E-state index in [1.807, 2.05) is 6.92 Å². The number of hydrogen-bond acceptors (Lipinski definition) is 5. The summed E-state index contributed by atoms with van der Waals surface area (Å²) in [5.41, 5.74) is 0. The van der Waals surface area contributed by atoms with E-state index in [0.29, 0.717) is 25.5 Å². The van der Waals surface area contributed by atoms with Gasteiger partial charge in [0.1, 0.15) is 5.76 Å². The molecule has 5 heteroatoms. The van der Waals surface area contributed by atoms with Crippen LogP contribution in [0.1, 0.15) is 32.4 Å². The Kier molecular flexibility index (Phi) is 6.93. The molecule has 1 aromatic heterocycles. The van der Waals surface area contributed by atoms with Crippen molar-refractivity contribution in [1.29, 1.82) is 0 Å². The lowest BCUT2D eigenvalue weighted by molar-refractivity contribution is 0.116. The molecule has 0 aliphatic carbocycles. The van der Waals surface area contributed by atoms with Gasteiger partial charge in [0, 0.05) is 19.5 Å². The fourth-order valence-corrected chi connectivity index (χ4v) is 1.78. The smallest absolute Gasteiger partial charge is 0.208 e. The number of hydrogen-bond donors (Lipinski definition) is 2. The number of aromatic nitrogens is 1. The molecular weight excluding hydrogens is 230 g/mol. The molecule has 0 bridgehead atoms. The zero-order chi connectivity index (χ0) is 13.4.